The summed E-state index contributed by atoms with van der Waals surface area (Å²) in [6.45, 7) is 6.45. The quantitative estimate of drug-likeness (QED) is 0.417. The summed E-state index contributed by atoms with van der Waals surface area (Å²) < 4.78 is 16.6. The highest BCUT2D eigenvalue weighted by molar-refractivity contribution is 5.94. The van der Waals surface area contributed by atoms with Crippen LogP contribution in [0.1, 0.15) is 53.7 Å². The summed E-state index contributed by atoms with van der Waals surface area (Å²) in [7, 11) is 1.49. The predicted octanol–water partition coefficient (Wildman–Crippen LogP) is 5.43. The van der Waals surface area contributed by atoms with Gasteiger partial charge in [-0.2, -0.15) is 5.26 Å². The third-order valence-corrected chi connectivity index (χ3v) is 5.84. The normalized spacial score (nSPS) is 15.1. The molecule has 0 radical (unpaired) electrons. The van der Waals surface area contributed by atoms with Gasteiger partial charge in [-0.3, -0.25) is 0 Å². The summed E-state index contributed by atoms with van der Waals surface area (Å²) in [6, 6.07) is 22.3. The lowest BCUT2D eigenvalue weighted by Crippen LogP contribution is -2.21. The van der Waals surface area contributed by atoms with Crippen LogP contribution in [0.15, 0.2) is 78.2 Å². The van der Waals surface area contributed by atoms with E-state index in [0.717, 1.165) is 11.1 Å². The maximum absolute atomic E-state index is 12.7. The van der Waals surface area contributed by atoms with Crippen LogP contribution in [0, 0.1) is 11.3 Å². The SMILES string of the molecule is COc1ccccc1C(=O)Oc1ccc2c(c1)OC(N)=C(C#N)C2c1ccc(C(C)(C)C)cc1. The van der Waals surface area contributed by atoms with Gasteiger partial charge >= 0.3 is 5.97 Å². The Morgan fingerprint density at radius 3 is 2.41 bits per heavy atom. The van der Waals surface area contributed by atoms with Crippen molar-refractivity contribution in [3.63, 3.8) is 0 Å². The summed E-state index contributed by atoms with van der Waals surface area (Å²) in [5.74, 6) is 0.251. The van der Waals surface area contributed by atoms with Crippen LogP contribution in [0.4, 0.5) is 0 Å². The fraction of sp³-hybridized carbons (Fsp3) is 0.214. The zero-order valence-electron chi connectivity index (χ0n) is 19.6. The third-order valence-electron chi connectivity index (χ3n) is 5.84. The first-order chi connectivity index (χ1) is 16.2. The third kappa shape index (κ3) is 4.33. The van der Waals surface area contributed by atoms with Crippen molar-refractivity contribution < 1.29 is 19.0 Å². The molecule has 0 fully saturated rings. The van der Waals surface area contributed by atoms with Crippen molar-refractivity contribution in [1.29, 1.82) is 5.26 Å². The number of carbonyl (C=O) groups excluding carboxylic acids is 1. The number of benzene rings is 3. The first-order valence-electron chi connectivity index (χ1n) is 10.9. The molecule has 0 saturated carbocycles. The molecule has 0 amide bonds. The minimum absolute atomic E-state index is 0.0131. The van der Waals surface area contributed by atoms with Gasteiger partial charge in [-0.1, -0.05) is 63.2 Å². The number of fused-ring (bicyclic) bond motifs is 1. The zero-order valence-corrected chi connectivity index (χ0v) is 19.6. The summed E-state index contributed by atoms with van der Waals surface area (Å²) in [4.78, 5) is 12.7. The Bertz CT molecular complexity index is 1310. The molecule has 34 heavy (non-hydrogen) atoms. The lowest BCUT2D eigenvalue weighted by molar-refractivity contribution is 0.0731. The van der Waals surface area contributed by atoms with Crippen molar-refractivity contribution >= 4 is 5.97 Å². The maximum Gasteiger partial charge on any atom is 0.347 e. The van der Waals surface area contributed by atoms with Gasteiger partial charge in [0.2, 0.25) is 5.88 Å². The Labute approximate surface area is 199 Å². The number of ether oxygens (including phenoxy) is 3. The van der Waals surface area contributed by atoms with Gasteiger partial charge in [-0.05, 0) is 34.7 Å². The molecule has 1 unspecified atom stereocenters. The highest BCUT2D eigenvalue weighted by atomic mass is 16.5. The van der Waals surface area contributed by atoms with Crippen LogP contribution in [0.2, 0.25) is 0 Å². The molecule has 1 aliphatic rings. The second-order valence-electron chi connectivity index (χ2n) is 9.09. The van der Waals surface area contributed by atoms with Crippen LogP contribution < -0.4 is 19.9 Å². The molecule has 3 aromatic rings. The number of carbonyl (C=O) groups is 1. The largest absolute Gasteiger partial charge is 0.496 e. The van der Waals surface area contributed by atoms with Crippen LogP contribution in [-0.4, -0.2) is 13.1 Å². The van der Waals surface area contributed by atoms with E-state index in [9.17, 15) is 10.1 Å². The van der Waals surface area contributed by atoms with E-state index in [2.05, 4.69) is 39.0 Å². The molecule has 0 aromatic heterocycles. The maximum atomic E-state index is 12.7. The Morgan fingerprint density at radius 2 is 1.76 bits per heavy atom. The fourth-order valence-electron chi connectivity index (χ4n) is 3.99. The van der Waals surface area contributed by atoms with Crippen molar-refractivity contribution in [3.8, 4) is 23.3 Å². The Balaban J connectivity index is 1.69. The topological polar surface area (TPSA) is 94.6 Å². The van der Waals surface area contributed by atoms with E-state index >= 15 is 0 Å². The minimum Gasteiger partial charge on any atom is -0.496 e. The summed E-state index contributed by atoms with van der Waals surface area (Å²) in [5, 5.41) is 9.80. The van der Waals surface area contributed by atoms with Gasteiger partial charge in [-0.25, -0.2) is 4.79 Å². The molecule has 0 spiro atoms. The average molecular weight is 455 g/mol. The molecule has 0 aliphatic carbocycles. The number of hydrogen-bond donors (Lipinski definition) is 1. The van der Waals surface area contributed by atoms with Gasteiger partial charge < -0.3 is 19.9 Å². The van der Waals surface area contributed by atoms with E-state index in [0.29, 0.717) is 28.4 Å². The van der Waals surface area contributed by atoms with E-state index in [-0.39, 0.29) is 17.2 Å². The van der Waals surface area contributed by atoms with Crippen LogP contribution in [0.5, 0.6) is 17.2 Å². The lowest BCUT2D eigenvalue weighted by atomic mass is 9.81. The summed E-state index contributed by atoms with van der Waals surface area (Å²) in [6.07, 6.45) is 0. The number of para-hydroxylation sites is 1. The van der Waals surface area contributed by atoms with Crippen molar-refractivity contribution in [3.05, 3.63) is 100 Å². The number of rotatable bonds is 4. The molecule has 3 aromatic carbocycles. The van der Waals surface area contributed by atoms with E-state index in [1.807, 2.05) is 12.1 Å². The Kier molecular flexibility index (Phi) is 6.04. The van der Waals surface area contributed by atoms with E-state index in [1.54, 1.807) is 42.5 Å². The highest BCUT2D eigenvalue weighted by Gasteiger charge is 2.31. The number of hydrogen-bond acceptors (Lipinski definition) is 6. The zero-order chi connectivity index (χ0) is 24.5. The van der Waals surface area contributed by atoms with Crippen molar-refractivity contribution in [2.45, 2.75) is 32.1 Å². The molecule has 0 bridgehead atoms. The van der Waals surface area contributed by atoms with Crippen LogP contribution in [-0.2, 0) is 5.41 Å². The highest BCUT2D eigenvalue weighted by Crippen LogP contribution is 2.43. The van der Waals surface area contributed by atoms with Crippen LogP contribution >= 0.6 is 0 Å². The Hall–Kier alpha value is -4.24. The van der Waals surface area contributed by atoms with Crippen molar-refractivity contribution in [2.24, 2.45) is 5.73 Å². The molecule has 1 atom stereocenters. The standard InChI is InChI=1S/C28H26N2O4/c1-28(2,3)18-11-9-17(10-12-18)25-20-14-13-19(15-24(20)34-26(30)22(25)16-29)33-27(31)21-7-5-6-8-23(21)32-4/h5-15,25H,30H2,1-4H3. The summed E-state index contributed by atoms with van der Waals surface area (Å²) >= 11 is 0. The van der Waals surface area contributed by atoms with Crippen LogP contribution in [0.25, 0.3) is 0 Å². The molecule has 4 rings (SSSR count). The monoisotopic (exact) mass is 454 g/mol. The first kappa shape index (κ1) is 22.9. The smallest absolute Gasteiger partial charge is 0.347 e. The average Bonchev–Trinajstić information content (AvgIpc) is 2.82. The fourth-order valence-corrected chi connectivity index (χ4v) is 3.99. The molecular formula is C28H26N2O4. The number of nitrogens with two attached hydrogens (primary N) is 1. The Morgan fingerprint density at radius 1 is 1.06 bits per heavy atom. The number of esters is 1. The number of nitriles is 1. The first-order valence-corrected chi connectivity index (χ1v) is 10.9. The van der Waals surface area contributed by atoms with Crippen molar-refractivity contribution in [2.75, 3.05) is 7.11 Å². The van der Waals surface area contributed by atoms with Gasteiger partial charge in [0.25, 0.3) is 0 Å². The lowest BCUT2D eigenvalue weighted by Gasteiger charge is -2.27. The second-order valence-corrected chi connectivity index (χ2v) is 9.09. The van der Waals surface area contributed by atoms with Crippen LogP contribution in [0.3, 0.4) is 0 Å². The van der Waals surface area contributed by atoms with Gasteiger partial charge in [0.15, 0.2) is 0 Å². The van der Waals surface area contributed by atoms with E-state index in [4.69, 9.17) is 19.9 Å². The number of nitrogens with zero attached hydrogens (tertiary/aromatic N) is 1. The van der Waals surface area contributed by atoms with Gasteiger partial charge in [0.05, 0.1) is 13.0 Å². The molecule has 6 nitrogen and oxygen atoms in total. The van der Waals surface area contributed by atoms with E-state index in [1.165, 1.54) is 12.7 Å². The molecule has 6 heteroatoms. The van der Waals surface area contributed by atoms with Gasteiger partial charge in [0, 0.05) is 11.6 Å². The number of methoxy groups -OCH3 is 1. The molecule has 0 saturated heterocycles. The summed E-state index contributed by atoms with van der Waals surface area (Å²) in [5.41, 5.74) is 9.68. The molecule has 172 valence electrons. The van der Waals surface area contributed by atoms with Gasteiger partial charge in [-0.15, -0.1) is 0 Å². The van der Waals surface area contributed by atoms with E-state index < -0.39 is 5.97 Å². The minimum atomic E-state index is -0.552. The molecule has 1 aliphatic heterocycles. The molecule has 1 heterocycles. The van der Waals surface area contributed by atoms with Crippen molar-refractivity contribution in [1.82, 2.24) is 0 Å². The second kappa shape index (κ2) is 8.95. The molecular weight excluding hydrogens is 428 g/mol. The van der Waals surface area contributed by atoms with Gasteiger partial charge in [0.1, 0.15) is 34.5 Å². The number of allylic oxidation sites excluding steroid dienone is 1. The predicted molar refractivity (Wildman–Crippen MR) is 129 cm³/mol. The molecule has 2 N–H and O–H groups in total.